The van der Waals surface area contributed by atoms with Crippen LogP contribution in [-0.2, 0) is 4.74 Å². The highest BCUT2D eigenvalue weighted by Gasteiger charge is 2.27. The van der Waals surface area contributed by atoms with Gasteiger partial charge in [-0.25, -0.2) is 4.79 Å². The SMILES string of the molecule is CCCC(CCC)CC1CCN(C(=O)OC(C)(C)C)CC1. The predicted octanol–water partition coefficient (Wildman–Crippen LogP) is 5.24. The van der Waals surface area contributed by atoms with E-state index in [1.165, 1.54) is 32.1 Å². The maximum atomic E-state index is 12.1. The Kier molecular flexibility index (Phi) is 7.55. The minimum Gasteiger partial charge on any atom is -0.444 e. The number of piperidine rings is 1. The Morgan fingerprint density at radius 1 is 1.14 bits per heavy atom. The molecule has 1 saturated heterocycles. The summed E-state index contributed by atoms with van der Waals surface area (Å²) in [6.45, 7) is 12.1. The maximum Gasteiger partial charge on any atom is 0.410 e. The van der Waals surface area contributed by atoms with Gasteiger partial charge in [0.15, 0.2) is 0 Å². The highest BCUT2D eigenvalue weighted by atomic mass is 16.6. The summed E-state index contributed by atoms with van der Waals surface area (Å²) in [4.78, 5) is 13.9. The number of rotatable bonds is 6. The smallest absolute Gasteiger partial charge is 0.410 e. The fraction of sp³-hybridized carbons (Fsp3) is 0.944. The second-order valence-corrected chi connectivity index (χ2v) is 7.59. The molecule has 124 valence electrons. The summed E-state index contributed by atoms with van der Waals surface area (Å²) in [6.07, 6.45) is 8.80. The molecule has 0 spiro atoms. The molecule has 3 nitrogen and oxygen atoms in total. The largest absolute Gasteiger partial charge is 0.444 e. The van der Waals surface area contributed by atoms with Crippen molar-refractivity contribution in [3.63, 3.8) is 0 Å². The standard InChI is InChI=1S/C18H35NO2/c1-6-8-15(9-7-2)14-16-10-12-19(13-11-16)17(20)21-18(3,4)5/h15-16H,6-14H2,1-5H3. The second kappa shape index (κ2) is 8.65. The van der Waals surface area contributed by atoms with Crippen LogP contribution >= 0.6 is 0 Å². The molecule has 0 radical (unpaired) electrons. The monoisotopic (exact) mass is 297 g/mol. The predicted molar refractivity (Wildman–Crippen MR) is 88.5 cm³/mol. The molecule has 0 bridgehead atoms. The van der Waals surface area contributed by atoms with Crippen molar-refractivity contribution >= 4 is 6.09 Å². The van der Waals surface area contributed by atoms with E-state index in [4.69, 9.17) is 4.74 Å². The Labute approximate surface area is 131 Å². The minimum absolute atomic E-state index is 0.139. The highest BCUT2D eigenvalue weighted by Crippen LogP contribution is 2.29. The van der Waals surface area contributed by atoms with Crippen LogP contribution in [0.4, 0.5) is 4.79 Å². The lowest BCUT2D eigenvalue weighted by Gasteiger charge is -2.34. The lowest BCUT2D eigenvalue weighted by molar-refractivity contribution is 0.0174. The van der Waals surface area contributed by atoms with Gasteiger partial charge in [-0.1, -0.05) is 39.5 Å². The molecule has 0 aliphatic carbocycles. The third kappa shape index (κ3) is 7.19. The van der Waals surface area contributed by atoms with Crippen molar-refractivity contribution in [3.8, 4) is 0 Å². The van der Waals surface area contributed by atoms with Gasteiger partial charge < -0.3 is 9.64 Å². The number of amides is 1. The average Bonchev–Trinajstić information content (AvgIpc) is 2.38. The van der Waals surface area contributed by atoms with Gasteiger partial charge in [-0.3, -0.25) is 0 Å². The van der Waals surface area contributed by atoms with E-state index in [0.29, 0.717) is 0 Å². The van der Waals surface area contributed by atoms with E-state index in [1.54, 1.807) is 0 Å². The molecule has 1 rings (SSSR count). The van der Waals surface area contributed by atoms with Gasteiger partial charge in [0.05, 0.1) is 0 Å². The van der Waals surface area contributed by atoms with Crippen molar-refractivity contribution in [3.05, 3.63) is 0 Å². The molecular formula is C18H35NO2. The van der Waals surface area contributed by atoms with Gasteiger partial charge >= 0.3 is 6.09 Å². The Hall–Kier alpha value is -0.730. The second-order valence-electron chi connectivity index (χ2n) is 7.59. The fourth-order valence-corrected chi connectivity index (χ4v) is 3.35. The third-order valence-corrected chi connectivity index (χ3v) is 4.33. The van der Waals surface area contributed by atoms with Gasteiger partial charge in [-0.15, -0.1) is 0 Å². The van der Waals surface area contributed by atoms with Crippen molar-refractivity contribution in [1.29, 1.82) is 0 Å². The van der Waals surface area contributed by atoms with Crippen LogP contribution in [0.2, 0.25) is 0 Å². The van der Waals surface area contributed by atoms with Crippen LogP contribution in [0.5, 0.6) is 0 Å². The zero-order valence-corrected chi connectivity index (χ0v) is 14.8. The molecule has 1 amide bonds. The topological polar surface area (TPSA) is 29.5 Å². The Balaban J connectivity index is 2.35. The summed E-state index contributed by atoms with van der Waals surface area (Å²) in [5.41, 5.74) is -0.388. The molecule has 1 aliphatic rings. The van der Waals surface area contributed by atoms with Crippen molar-refractivity contribution in [2.24, 2.45) is 11.8 Å². The minimum atomic E-state index is -0.388. The molecule has 0 unspecified atom stereocenters. The molecule has 1 aliphatic heterocycles. The Morgan fingerprint density at radius 2 is 1.67 bits per heavy atom. The third-order valence-electron chi connectivity index (χ3n) is 4.33. The molecule has 0 aromatic heterocycles. The number of likely N-dealkylation sites (tertiary alicyclic amines) is 1. The van der Waals surface area contributed by atoms with Crippen molar-refractivity contribution < 1.29 is 9.53 Å². The summed E-state index contributed by atoms with van der Waals surface area (Å²) in [6, 6.07) is 0. The first-order valence-corrected chi connectivity index (χ1v) is 8.83. The Morgan fingerprint density at radius 3 is 2.10 bits per heavy atom. The molecule has 0 N–H and O–H groups in total. The molecule has 0 aromatic carbocycles. The van der Waals surface area contributed by atoms with E-state index in [2.05, 4.69) is 13.8 Å². The first-order valence-electron chi connectivity index (χ1n) is 8.83. The Bertz CT molecular complexity index is 295. The normalized spacial score (nSPS) is 17.3. The van der Waals surface area contributed by atoms with Gasteiger partial charge in [0.1, 0.15) is 5.60 Å². The van der Waals surface area contributed by atoms with Crippen LogP contribution in [0.25, 0.3) is 0 Å². The summed E-state index contributed by atoms with van der Waals surface area (Å²) in [5, 5.41) is 0. The number of carbonyl (C=O) groups excluding carboxylic acids is 1. The van der Waals surface area contributed by atoms with E-state index < -0.39 is 0 Å². The van der Waals surface area contributed by atoms with Gasteiger partial charge in [-0.05, 0) is 51.9 Å². The van der Waals surface area contributed by atoms with Crippen molar-refractivity contribution in [2.45, 2.75) is 85.2 Å². The molecule has 1 heterocycles. The van der Waals surface area contributed by atoms with Crippen LogP contribution < -0.4 is 0 Å². The fourth-order valence-electron chi connectivity index (χ4n) is 3.35. The van der Waals surface area contributed by atoms with Gasteiger partial charge in [0.25, 0.3) is 0 Å². The average molecular weight is 297 g/mol. The van der Waals surface area contributed by atoms with Crippen LogP contribution in [0, 0.1) is 11.8 Å². The summed E-state index contributed by atoms with van der Waals surface area (Å²) >= 11 is 0. The summed E-state index contributed by atoms with van der Waals surface area (Å²) in [5.74, 6) is 1.69. The highest BCUT2D eigenvalue weighted by molar-refractivity contribution is 5.68. The summed E-state index contributed by atoms with van der Waals surface area (Å²) in [7, 11) is 0. The molecule has 21 heavy (non-hydrogen) atoms. The number of carbonyl (C=O) groups is 1. The zero-order valence-electron chi connectivity index (χ0n) is 14.8. The zero-order chi connectivity index (χ0) is 15.9. The van der Waals surface area contributed by atoms with Crippen LogP contribution in [0.15, 0.2) is 0 Å². The lowest BCUT2D eigenvalue weighted by Crippen LogP contribution is -2.42. The van der Waals surface area contributed by atoms with Crippen LogP contribution in [0.1, 0.15) is 79.6 Å². The maximum absolute atomic E-state index is 12.1. The van der Waals surface area contributed by atoms with Gasteiger partial charge in [-0.2, -0.15) is 0 Å². The molecule has 3 heteroatoms. The quantitative estimate of drug-likeness (QED) is 0.671. The van der Waals surface area contributed by atoms with E-state index in [9.17, 15) is 4.79 Å². The first-order chi connectivity index (χ1) is 9.85. The van der Waals surface area contributed by atoms with E-state index in [0.717, 1.165) is 37.8 Å². The van der Waals surface area contributed by atoms with Crippen LogP contribution in [-0.4, -0.2) is 29.7 Å². The van der Waals surface area contributed by atoms with E-state index in [1.807, 2.05) is 25.7 Å². The molecular weight excluding hydrogens is 262 g/mol. The van der Waals surface area contributed by atoms with Gasteiger partial charge in [0, 0.05) is 13.1 Å². The van der Waals surface area contributed by atoms with Crippen molar-refractivity contribution in [2.75, 3.05) is 13.1 Å². The summed E-state index contributed by atoms with van der Waals surface area (Å²) < 4.78 is 5.46. The number of hydrogen-bond acceptors (Lipinski definition) is 2. The first kappa shape index (κ1) is 18.3. The number of ether oxygens (including phenoxy) is 1. The lowest BCUT2D eigenvalue weighted by atomic mass is 9.83. The number of hydrogen-bond donors (Lipinski definition) is 0. The molecule has 1 fully saturated rings. The molecule has 0 saturated carbocycles. The van der Waals surface area contributed by atoms with E-state index >= 15 is 0 Å². The van der Waals surface area contributed by atoms with E-state index in [-0.39, 0.29) is 11.7 Å². The molecule has 0 atom stereocenters. The van der Waals surface area contributed by atoms with Crippen molar-refractivity contribution in [1.82, 2.24) is 4.90 Å². The van der Waals surface area contributed by atoms with Crippen LogP contribution in [0.3, 0.4) is 0 Å². The molecule has 0 aromatic rings. The van der Waals surface area contributed by atoms with Gasteiger partial charge in [0.2, 0.25) is 0 Å². The number of nitrogens with zero attached hydrogens (tertiary/aromatic N) is 1.